The van der Waals surface area contributed by atoms with Gasteiger partial charge in [-0.15, -0.1) is 0 Å². The van der Waals surface area contributed by atoms with E-state index in [2.05, 4.69) is 26.8 Å². The first-order chi connectivity index (χ1) is 14.6. The van der Waals surface area contributed by atoms with E-state index in [9.17, 15) is 23.4 Å². The van der Waals surface area contributed by atoms with Gasteiger partial charge in [0.25, 0.3) is 0 Å². The zero-order valence-electron chi connectivity index (χ0n) is 20.6. The lowest BCUT2D eigenvalue weighted by Crippen LogP contribution is -2.52. The minimum absolute atomic E-state index is 0.186. The van der Waals surface area contributed by atoms with Crippen LogP contribution in [-0.2, 0) is 0 Å². The van der Waals surface area contributed by atoms with Crippen LogP contribution >= 0.6 is 0 Å². The second kappa shape index (κ2) is 7.73. The van der Waals surface area contributed by atoms with Gasteiger partial charge in [0.1, 0.15) is 0 Å². The standard InChI is InChI=1S/C27H43F3O2/c1-17(10-13-26(5,32)27(28,29)30)20-8-9-21-19-7-6-18-16-23(2,31)14-15-24(18,3)22(19)11-12-25(20,21)4/h6,17,19-22,31-32H,7-16H2,1-5H3/t17-,19+,20-,21+,22+,23+,24?,25-,26+/m1/s1. The Morgan fingerprint density at radius 3 is 2.41 bits per heavy atom. The molecule has 0 aliphatic heterocycles. The molecule has 0 aromatic heterocycles. The highest BCUT2D eigenvalue weighted by atomic mass is 19.4. The third-order valence-electron chi connectivity index (χ3n) is 10.8. The summed E-state index contributed by atoms with van der Waals surface area (Å²) in [6.07, 6.45) is 6.52. The molecular formula is C27H43F3O2. The van der Waals surface area contributed by atoms with Crippen LogP contribution in [0.15, 0.2) is 11.6 Å². The van der Waals surface area contributed by atoms with E-state index in [1.807, 2.05) is 6.92 Å². The van der Waals surface area contributed by atoms with Gasteiger partial charge in [-0.05, 0) is 118 Å². The summed E-state index contributed by atoms with van der Waals surface area (Å²) in [7, 11) is 0. The summed E-state index contributed by atoms with van der Waals surface area (Å²) in [4.78, 5) is 0. The van der Waals surface area contributed by atoms with Gasteiger partial charge in [-0.1, -0.05) is 32.4 Å². The first-order valence-corrected chi connectivity index (χ1v) is 12.8. The highest BCUT2D eigenvalue weighted by Gasteiger charge is 2.60. The molecule has 0 bridgehead atoms. The largest absolute Gasteiger partial charge is 0.416 e. The predicted molar refractivity (Wildman–Crippen MR) is 121 cm³/mol. The monoisotopic (exact) mass is 456 g/mol. The second-order valence-electron chi connectivity index (χ2n) is 12.9. The lowest BCUT2D eigenvalue weighted by molar-refractivity contribution is -0.256. The minimum atomic E-state index is -4.57. The molecule has 0 amide bonds. The van der Waals surface area contributed by atoms with Crippen molar-refractivity contribution in [1.82, 2.24) is 0 Å². The van der Waals surface area contributed by atoms with Crippen molar-refractivity contribution in [3.8, 4) is 0 Å². The van der Waals surface area contributed by atoms with Crippen molar-refractivity contribution in [1.29, 1.82) is 0 Å². The van der Waals surface area contributed by atoms with Gasteiger partial charge >= 0.3 is 6.18 Å². The van der Waals surface area contributed by atoms with Crippen LogP contribution in [0.2, 0.25) is 0 Å². The quantitative estimate of drug-likeness (QED) is 0.445. The Hall–Kier alpha value is -0.550. The van der Waals surface area contributed by atoms with E-state index in [1.54, 1.807) is 0 Å². The van der Waals surface area contributed by atoms with E-state index in [-0.39, 0.29) is 23.2 Å². The number of rotatable bonds is 4. The lowest BCUT2D eigenvalue weighted by Gasteiger charge is -2.59. The average Bonchev–Trinajstić information content (AvgIpc) is 3.03. The zero-order chi connectivity index (χ0) is 23.7. The average molecular weight is 457 g/mol. The van der Waals surface area contributed by atoms with Crippen LogP contribution in [0.5, 0.6) is 0 Å². The van der Waals surface area contributed by atoms with Gasteiger partial charge in [0.15, 0.2) is 5.60 Å². The molecule has 0 aromatic carbocycles. The molecule has 2 N–H and O–H groups in total. The third-order valence-corrected chi connectivity index (χ3v) is 10.8. The first-order valence-electron chi connectivity index (χ1n) is 12.8. The van der Waals surface area contributed by atoms with Gasteiger partial charge in [-0.25, -0.2) is 0 Å². The van der Waals surface area contributed by atoms with Gasteiger partial charge in [0.05, 0.1) is 5.60 Å². The number of hydrogen-bond acceptors (Lipinski definition) is 2. The number of alkyl halides is 3. The molecule has 0 radical (unpaired) electrons. The molecule has 0 heterocycles. The molecule has 184 valence electrons. The summed E-state index contributed by atoms with van der Waals surface area (Å²) in [5.74, 6) is 2.57. The fraction of sp³-hybridized carbons (Fsp3) is 0.926. The first kappa shape index (κ1) is 24.6. The van der Waals surface area contributed by atoms with Crippen LogP contribution in [0.3, 0.4) is 0 Å². The Balaban J connectivity index is 1.49. The van der Waals surface area contributed by atoms with Gasteiger partial charge in [0, 0.05) is 0 Å². The summed E-state index contributed by atoms with van der Waals surface area (Å²) in [5, 5.41) is 20.6. The molecule has 9 atom stereocenters. The van der Waals surface area contributed by atoms with E-state index < -0.39 is 17.4 Å². The van der Waals surface area contributed by atoms with Crippen LogP contribution in [0, 0.1) is 40.4 Å². The van der Waals surface area contributed by atoms with E-state index in [0.717, 1.165) is 45.4 Å². The predicted octanol–water partition coefficient (Wildman–Crippen LogP) is 7.05. The van der Waals surface area contributed by atoms with Crippen LogP contribution in [0.25, 0.3) is 0 Å². The molecule has 4 rings (SSSR count). The highest BCUT2D eigenvalue weighted by Crippen LogP contribution is 2.67. The maximum atomic E-state index is 13.1. The Morgan fingerprint density at radius 1 is 1.06 bits per heavy atom. The van der Waals surface area contributed by atoms with Crippen molar-refractivity contribution < 1.29 is 23.4 Å². The Bertz CT molecular complexity index is 754. The number of aliphatic hydroxyl groups is 2. The topological polar surface area (TPSA) is 40.5 Å². The van der Waals surface area contributed by atoms with Crippen molar-refractivity contribution in [3.63, 3.8) is 0 Å². The molecule has 4 aliphatic carbocycles. The van der Waals surface area contributed by atoms with Crippen LogP contribution in [0.4, 0.5) is 13.2 Å². The number of allylic oxidation sites excluding steroid dienone is 1. The fourth-order valence-electron chi connectivity index (χ4n) is 8.63. The lowest BCUT2D eigenvalue weighted by atomic mass is 9.46. The molecule has 5 heteroatoms. The summed E-state index contributed by atoms with van der Waals surface area (Å²) in [5.41, 5.74) is -1.32. The molecule has 3 fully saturated rings. The molecule has 0 spiro atoms. The SMILES string of the molecule is C[C@H](CC[C@](C)(O)C(F)(F)F)[C@H]1CC[C@H]2[C@@H]3CC=C4C[C@@](C)(O)CCC4(C)[C@H]3CC[C@]12C. The molecular weight excluding hydrogens is 413 g/mol. The molecule has 0 aromatic rings. The smallest absolute Gasteiger partial charge is 0.390 e. The fourth-order valence-corrected chi connectivity index (χ4v) is 8.63. The van der Waals surface area contributed by atoms with E-state index in [1.165, 1.54) is 18.4 Å². The van der Waals surface area contributed by atoms with Gasteiger partial charge < -0.3 is 10.2 Å². The molecule has 32 heavy (non-hydrogen) atoms. The van der Waals surface area contributed by atoms with E-state index in [0.29, 0.717) is 30.1 Å². The van der Waals surface area contributed by atoms with E-state index in [4.69, 9.17) is 0 Å². The highest BCUT2D eigenvalue weighted by molar-refractivity contribution is 5.26. The number of hydrogen-bond donors (Lipinski definition) is 2. The molecule has 0 saturated heterocycles. The van der Waals surface area contributed by atoms with E-state index >= 15 is 0 Å². The minimum Gasteiger partial charge on any atom is -0.390 e. The van der Waals surface area contributed by atoms with Crippen molar-refractivity contribution in [2.45, 2.75) is 116 Å². The normalized spacial score (nSPS) is 47.0. The van der Waals surface area contributed by atoms with Crippen LogP contribution in [-0.4, -0.2) is 27.6 Å². The Labute approximate surface area is 192 Å². The number of halogens is 3. The van der Waals surface area contributed by atoms with Crippen LogP contribution < -0.4 is 0 Å². The Morgan fingerprint density at radius 2 is 1.75 bits per heavy atom. The molecule has 3 saturated carbocycles. The van der Waals surface area contributed by atoms with Crippen molar-refractivity contribution in [3.05, 3.63) is 11.6 Å². The second-order valence-corrected chi connectivity index (χ2v) is 12.9. The maximum absolute atomic E-state index is 13.1. The van der Waals surface area contributed by atoms with Crippen LogP contribution in [0.1, 0.15) is 98.8 Å². The van der Waals surface area contributed by atoms with Crippen molar-refractivity contribution >= 4 is 0 Å². The summed E-state index contributed by atoms with van der Waals surface area (Å²) < 4.78 is 39.4. The molecule has 2 nitrogen and oxygen atoms in total. The van der Waals surface area contributed by atoms with Gasteiger partial charge in [0.2, 0.25) is 0 Å². The molecule has 1 unspecified atom stereocenters. The maximum Gasteiger partial charge on any atom is 0.416 e. The zero-order valence-corrected chi connectivity index (χ0v) is 20.6. The van der Waals surface area contributed by atoms with Crippen molar-refractivity contribution in [2.24, 2.45) is 40.4 Å². The third kappa shape index (κ3) is 3.87. The van der Waals surface area contributed by atoms with Gasteiger partial charge in [-0.2, -0.15) is 13.2 Å². The number of fused-ring (bicyclic) bond motifs is 5. The Kier molecular flexibility index (Phi) is 5.94. The summed E-state index contributed by atoms with van der Waals surface area (Å²) in [6, 6.07) is 0. The van der Waals surface area contributed by atoms with Crippen molar-refractivity contribution in [2.75, 3.05) is 0 Å². The molecule has 4 aliphatic rings. The summed E-state index contributed by atoms with van der Waals surface area (Å²) >= 11 is 0. The van der Waals surface area contributed by atoms with Gasteiger partial charge in [-0.3, -0.25) is 0 Å². The summed E-state index contributed by atoms with van der Waals surface area (Å²) in [6.45, 7) is 9.84.